The number of rotatable bonds is 18. The summed E-state index contributed by atoms with van der Waals surface area (Å²) in [6.07, 6.45) is 25.4. The number of alkyl halides is 3. The second kappa shape index (κ2) is 20.3. The highest BCUT2D eigenvalue weighted by Crippen LogP contribution is 2.56. The van der Waals surface area contributed by atoms with E-state index in [1.54, 1.807) is 0 Å². The van der Waals surface area contributed by atoms with Crippen LogP contribution in [-0.4, -0.2) is 55.5 Å². The molecule has 0 saturated heterocycles. The second-order valence-electron chi connectivity index (χ2n) is 9.64. The minimum Gasteiger partial charge on any atom is -0.741 e. The predicted molar refractivity (Wildman–Crippen MR) is 150 cm³/mol. The largest absolute Gasteiger partial charge is 0.741 e. The smallest absolute Gasteiger partial charge is 0.485 e. The van der Waals surface area contributed by atoms with Gasteiger partial charge < -0.3 is 4.55 Å². The van der Waals surface area contributed by atoms with Crippen LogP contribution in [0.5, 0.6) is 0 Å². The first kappa shape index (κ1) is 37.4. The zero-order chi connectivity index (χ0) is 27.4. The quantitative estimate of drug-likeness (QED) is 0.0717. The lowest BCUT2D eigenvalue weighted by molar-refractivity contribution is -0.0517. The minimum absolute atomic E-state index is 1.11. The van der Waals surface area contributed by atoms with Crippen LogP contribution in [0.15, 0.2) is 0 Å². The van der Waals surface area contributed by atoms with Crippen molar-refractivity contribution in [1.29, 1.82) is 0 Å². The average Bonchev–Trinajstić information content (AvgIpc) is 2.80. The molecule has 214 valence electrons. The van der Waals surface area contributed by atoms with Crippen LogP contribution in [-0.2, 0) is 10.1 Å². The van der Waals surface area contributed by atoms with Gasteiger partial charge >= 0.3 is 5.51 Å². The Balaban J connectivity index is 0. The number of halogens is 3. The van der Waals surface area contributed by atoms with E-state index in [0.29, 0.717) is 0 Å². The molecule has 0 aromatic carbocycles. The van der Waals surface area contributed by atoms with Gasteiger partial charge in [-0.25, -0.2) is 8.42 Å². The lowest BCUT2D eigenvalue weighted by Gasteiger charge is -2.19. The molecule has 0 aromatic rings. The van der Waals surface area contributed by atoms with Crippen molar-refractivity contribution in [3.05, 3.63) is 0 Å². The summed E-state index contributed by atoms with van der Waals surface area (Å²) in [4.78, 5) is 0. The third kappa shape index (κ3) is 17.4. The molecular formula is C25H54F3NO3P2S. The summed E-state index contributed by atoms with van der Waals surface area (Å²) in [5.74, 6) is 0. The van der Waals surface area contributed by atoms with E-state index in [0.717, 1.165) is 0 Å². The molecule has 0 rings (SSSR count). The zero-order valence-electron chi connectivity index (χ0n) is 23.3. The van der Waals surface area contributed by atoms with E-state index in [1.807, 2.05) is 0 Å². The molecule has 35 heavy (non-hydrogen) atoms. The molecule has 0 bridgehead atoms. The monoisotopic (exact) mass is 567 g/mol. The Bertz CT molecular complexity index is 654. The van der Waals surface area contributed by atoms with Gasteiger partial charge in [0.15, 0.2) is 10.1 Å². The van der Waals surface area contributed by atoms with Gasteiger partial charge in [-0.15, -0.1) is 0 Å². The number of hydrogen-bond donors (Lipinski definition) is 0. The molecular weight excluding hydrogens is 513 g/mol. The van der Waals surface area contributed by atoms with E-state index >= 15 is 0 Å². The summed E-state index contributed by atoms with van der Waals surface area (Å²) in [7, 11) is -8.32. The molecule has 0 aliphatic heterocycles. The van der Waals surface area contributed by atoms with E-state index in [1.165, 1.54) is 114 Å². The highest BCUT2D eigenvalue weighted by atomic mass is 32.2. The topological polar surface area (TPSA) is 71.3 Å². The first-order valence-electron chi connectivity index (χ1n) is 13.8. The summed E-state index contributed by atoms with van der Waals surface area (Å²) in [5, 5.41) is 0. The summed E-state index contributed by atoms with van der Waals surface area (Å²) >= 11 is 0. The molecule has 0 saturated carbocycles. The standard InChI is InChI=1S/C24H54NP2.CHF3O3S/c1-7-13-19-26(20-14-8-2,21-15-9-3)25-27(22-16-10-4,23-17-11-5)24-18-12-6;2-1(3,4)8(5,6)7/h7-24H2,1-6H3;(H,5,6,7)/q+1;/p-1. The van der Waals surface area contributed by atoms with Crippen LogP contribution in [0.4, 0.5) is 13.2 Å². The normalized spacial score (nSPS) is 12.7. The Hall–Kier alpha value is 0.270. The fourth-order valence-corrected chi connectivity index (χ4v) is 16.2. The van der Waals surface area contributed by atoms with Crippen molar-refractivity contribution in [3.63, 3.8) is 0 Å². The highest BCUT2D eigenvalue weighted by molar-refractivity contribution is 7.86. The third-order valence-electron chi connectivity index (χ3n) is 6.23. The number of hydrogen-bond acceptors (Lipinski definition) is 3. The Morgan fingerprint density at radius 3 is 0.857 bits per heavy atom. The van der Waals surface area contributed by atoms with Crippen LogP contribution in [0.2, 0.25) is 0 Å². The lowest BCUT2D eigenvalue weighted by atomic mass is 10.4. The molecule has 0 heterocycles. The summed E-state index contributed by atoms with van der Waals surface area (Å²) in [5.41, 5.74) is -5.65. The molecule has 4 nitrogen and oxygen atoms in total. The number of unbranched alkanes of at least 4 members (excludes halogenated alkanes) is 6. The molecule has 0 atom stereocenters. The second-order valence-corrected chi connectivity index (χ2v) is 18.8. The lowest BCUT2D eigenvalue weighted by Crippen LogP contribution is -2.21. The molecule has 0 fully saturated rings. The first-order valence-corrected chi connectivity index (χ1v) is 19.8. The van der Waals surface area contributed by atoms with Gasteiger partial charge in [-0.05, 0) is 38.5 Å². The van der Waals surface area contributed by atoms with Crippen LogP contribution < -0.4 is 4.17 Å². The molecule has 0 aliphatic rings. The van der Waals surface area contributed by atoms with Crippen molar-refractivity contribution >= 4 is 24.2 Å². The van der Waals surface area contributed by atoms with Gasteiger partial charge in [0, 0.05) is 37.0 Å². The van der Waals surface area contributed by atoms with Crippen LogP contribution in [0.25, 0.3) is 0 Å². The van der Waals surface area contributed by atoms with Gasteiger partial charge in [-0.3, -0.25) is 0 Å². The van der Waals surface area contributed by atoms with Crippen LogP contribution >= 0.6 is 14.1 Å². The average molecular weight is 568 g/mol. The molecule has 0 aliphatic carbocycles. The molecule has 0 amide bonds. The Morgan fingerprint density at radius 1 is 0.571 bits per heavy atom. The fourth-order valence-electron chi connectivity index (χ4n) is 4.06. The first-order chi connectivity index (χ1) is 16.3. The fraction of sp³-hybridized carbons (Fsp3) is 1.00. The maximum atomic E-state index is 10.7. The van der Waals surface area contributed by atoms with Crippen molar-refractivity contribution in [3.8, 4) is 0 Å². The van der Waals surface area contributed by atoms with Crippen LogP contribution in [0.3, 0.4) is 0 Å². The Labute approximate surface area is 215 Å². The van der Waals surface area contributed by atoms with Crippen molar-refractivity contribution in [2.45, 2.75) is 124 Å². The van der Waals surface area contributed by atoms with Crippen molar-refractivity contribution in [2.24, 2.45) is 0 Å². The van der Waals surface area contributed by atoms with Crippen molar-refractivity contribution < 1.29 is 26.1 Å². The zero-order valence-corrected chi connectivity index (χ0v) is 25.9. The maximum Gasteiger partial charge on any atom is 0.485 e. The molecule has 0 spiro atoms. The maximum absolute atomic E-state index is 10.7. The van der Waals surface area contributed by atoms with Crippen molar-refractivity contribution in [2.75, 3.05) is 37.0 Å². The summed E-state index contributed by atoms with van der Waals surface area (Å²) in [6.45, 7) is 14.3. The van der Waals surface area contributed by atoms with Gasteiger partial charge in [0.25, 0.3) is 0 Å². The van der Waals surface area contributed by atoms with E-state index in [4.69, 9.17) is 17.1 Å². The molecule has 0 radical (unpaired) electrons. The van der Waals surface area contributed by atoms with Gasteiger partial charge in [0.2, 0.25) is 14.1 Å². The number of nitrogens with zero attached hydrogens (tertiary/aromatic N) is 1. The van der Waals surface area contributed by atoms with E-state index < -0.39 is 29.7 Å². The van der Waals surface area contributed by atoms with Gasteiger partial charge in [0.1, 0.15) is 0 Å². The Morgan fingerprint density at radius 2 is 0.743 bits per heavy atom. The van der Waals surface area contributed by atoms with Gasteiger partial charge in [0.05, 0.1) is 0 Å². The van der Waals surface area contributed by atoms with E-state index in [2.05, 4.69) is 41.5 Å². The predicted octanol–water partition coefficient (Wildman–Crippen LogP) is 9.31. The molecule has 10 heteroatoms. The third-order valence-corrected chi connectivity index (χ3v) is 16.7. The summed E-state index contributed by atoms with van der Waals surface area (Å²) in [6, 6.07) is 0. The van der Waals surface area contributed by atoms with Crippen molar-refractivity contribution in [1.82, 2.24) is 4.17 Å². The van der Waals surface area contributed by atoms with Crippen LogP contribution in [0, 0.1) is 0 Å². The minimum atomic E-state index is -6.09. The molecule has 0 unspecified atom stereocenters. The SMILES string of the molecule is CCCCP(CCCC)(CCCC)=[N+]=P(CCCC)(CCCC)CCCC.O=S(=O)([O-])C(F)(F)F. The summed E-state index contributed by atoms with van der Waals surface area (Å²) < 4.78 is 65.1. The van der Waals surface area contributed by atoms with Crippen LogP contribution in [0.1, 0.15) is 119 Å². The molecule has 0 aromatic heterocycles. The highest BCUT2D eigenvalue weighted by Gasteiger charge is 2.37. The Kier molecular flexibility index (Phi) is 21.7. The van der Waals surface area contributed by atoms with E-state index in [9.17, 15) is 13.2 Å². The van der Waals surface area contributed by atoms with Gasteiger partial charge in [-0.1, -0.05) is 80.1 Å². The molecule has 0 N–H and O–H groups in total. The van der Waals surface area contributed by atoms with Gasteiger partial charge in [-0.2, -0.15) is 17.3 Å². The van der Waals surface area contributed by atoms with E-state index in [-0.39, 0.29) is 0 Å².